The molecule has 0 aliphatic carbocycles. The van der Waals surface area contributed by atoms with Crippen LogP contribution in [0.1, 0.15) is 43.5 Å². The highest BCUT2D eigenvalue weighted by molar-refractivity contribution is 5.85. The number of nitrogens with one attached hydrogen (secondary N) is 1. The number of carbonyl (C=O) groups is 1. The van der Waals surface area contributed by atoms with Gasteiger partial charge in [0, 0.05) is 42.2 Å². The van der Waals surface area contributed by atoms with Gasteiger partial charge in [0.25, 0.3) is 5.91 Å². The van der Waals surface area contributed by atoms with Gasteiger partial charge in [-0.2, -0.15) is 17.9 Å². The van der Waals surface area contributed by atoms with E-state index in [1.807, 2.05) is 31.2 Å². The second-order valence-corrected chi connectivity index (χ2v) is 9.96. The van der Waals surface area contributed by atoms with Crippen molar-refractivity contribution in [2.24, 2.45) is 0 Å². The van der Waals surface area contributed by atoms with Crippen LogP contribution < -0.4 is 19.5 Å². The Balaban J connectivity index is 1.52. The standard InChI is InChI=1S/C28H30F3N7O4/c1-18(35-26(39)27(2,3)42-25-10-7-20(15-33-25)28(29,30)31)23(13-19-5-8-21(40-4)9-6-19)24-14-22(11-12-32-24)41-17-38-16-34-36-37-38/h5-12,14-16,18,23H,13,17H2,1-4H3,(H,35,39). The summed E-state index contributed by atoms with van der Waals surface area (Å²) in [6, 6.07) is 12.5. The predicted octanol–water partition coefficient (Wildman–Crippen LogP) is 4.22. The van der Waals surface area contributed by atoms with E-state index in [4.69, 9.17) is 14.2 Å². The van der Waals surface area contributed by atoms with Gasteiger partial charge < -0.3 is 19.5 Å². The Bertz CT molecular complexity index is 1450. The zero-order chi connectivity index (χ0) is 30.3. The molecule has 42 heavy (non-hydrogen) atoms. The van der Waals surface area contributed by atoms with Crippen molar-refractivity contribution in [3.63, 3.8) is 0 Å². The van der Waals surface area contributed by atoms with Crippen molar-refractivity contribution in [1.29, 1.82) is 0 Å². The van der Waals surface area contributed by atoms with Crippen LogP contribution in [-0.4, -0.2) is 54.8 Å². The second kappa shape index (κ2) is 12.8. The molecule has 3 heterocycles. The van der Waals surface area contributed by atoms with E-state index in [1.165, 1.54) is 24.9 Å². The number of halogens is 3. The summed E-state index contributed by atoms with van der Waals surface area (Å²) in [5.41, 5.74) is -0.719. The fraction of sp³-hybridized carbons (Fsp3) is 0.357. The number of carbonyl (C=O) groups excluding carboxylic acids is 1. The van der Waals surface area contributed by atoms with Crippen LogP contribution in [0, 0.1) is 0 Å². The molecule has 2 unspecified atom stereocenters. The molecule has 4 aromatic rings. The Hall–Kier alpha value is -4.75. The fourth-order valence-electron chi connectivity index (χ4n) is 4.05. The van der Waals surface area contributed by atoms with E-state index in [0.717, 1.165) is 17.7 Å². The van der Waals surface area contributed by atoms with Gasteiger partial charge >= 0.3 is 6.18 Å². The number of amides is 1. The summed E-state index contributed by atoms with van der Waals surface area (Å²) in [4.78, 5) is 21.6. The van der Waals surface area contributed by atoms with E-state index < -0.39 is 29.3 Å². The molecule has 0 radical (unpaired) electrons. The molecule has 4 rings (SSSR count). The van der Waals surface area contributed by atoms with E-state index in [-0.39, 0.29) is 18.5 Å². The molecule has 11 nitrogen and oxygen atoms in total. The van der Waals surface area contributed by atoms with Crippen molar-refractivity contribution < 1.29 is 32.2 Å². The summed E-state index contributed by atoms with van der Waals surface area (Å²) in [5.74, 6) is 0.343. The van der Waals surface area contributed by atoms with E-state index in [2.05, 4.69) is 30.8 Å². The van der Waals surface area contributed by atoms with Gasteiger partial charge in [-0.05, 0) is 67.4 Å². The molecular formula is C28H30F3N7O4. The average molecular weight is 586 g/mol. The smallest absolute Gasteiger partial charge is 0.417 e. The molecular weight excluding hydrogens is 555 g/mol. The summed E-state index contributed by atoms with van der Waals surface area (Å²) in [6.45, 7) is 4.96. The number of hydrogen-bond donors (Lipinski definition) is 1. The van der Waals surface area contributed by atoms with Crippen LogP contribution in [0.5, 0.6) is 17.4 Å². The van der Waals surface area contributed by atoms with Gasteiger partial charge in [-0.25, -0.2) is 4.98 Å². The minimum atomic E-state index is -4.53. The first kappa shape index (κ1) is 30.2. The Morgan fingerprint density at radius 2 is 1.81 bits per heavy atom. The maximum atomic E-state index is 13.4. The Morgan fingerprint density at radius 3 is 2.43 bits per heavy atom. The van der Waals surface area contributed by atoms with Gasteiger partial charge in [0.05, 0.1) is 12.7 Å². The van der Waals surface area contributed by atoms with E-state index in [0.29, 0.717) is 29.8 Å². The Labute approximate surface area is 240 Å². The number of pyridine rings is 2. The number of nitrogens with zero attached hydrogens (tertiary/aromatic N) is 6. The van der Waals surface area contributed by atoms with Gasteiger partial charge in [-0.15, -0.1) is 5.10 Å². The third-order valence-electron chi connectivity index (χ3n) is 6.43. The summed E-state index contributed by atoms with van der Waals surface area (Å²) < 4.78 is 56.9. The minimum Gasteiger partial charge on any atom is -0.497 e. The van der Waals surface area contributed by atoms with E-state index in [9.17, 15) is 18.0 Å². The first-order valence-electron chi connectivity index (χ1n) is 12.9. The fourth-order valence-corrected chi connectivity index (χ4v) is 4.05. The van der Waals surface area contributed by atoms with Crippen LogP contribution in [0.15, 0.2) is 67.3 Å². The number of methoxy groups -OCH3 is 1. The molecule has 0 fully saturated rings. The van der Waals surface area contributed by atoms with Gasteiger partial charge in [0.1, 0.15) is 17.8 Å². The Morgan fingerprint density at radius 1 is 1.05 bits per heavy atom. The lowest BCUT2D eigenvalue weighted by Crippen LogP contribution is -2.51. The normalized spacial score (nSPS) is 13.2. The van der Waals surface area contributed by atoms with Crippen molar-refractivity contribution in [2.45, 2.75) is 57.7 Å². The molecule has 0 aliphatic rings. The molecule has 1 amide bonds. The predicted molar refractivity (Wildman–Crippen MR) is 144 cm³/mol. The van der Waals surface area contributed by atoms with Crippen LogP contribution >= 0.6 is 0 Å². The zero-order valence-corrected chi connectivity index (χ0v) is 23.4. The number of alkyl halides is 3. The molecule has 14 heteroatoms. The quantitative estimate of drug-likeness (QED) is 0.260. The lowest BCUT2D eigenvalue weighted by atomic mass is 9.89. The number of aromatic nitrogens is 6. The molecule has 1 N–H and O–H groups in total. The van der Waals surface area contributed by atoms with Gasteiger partial charge in [0.2, 0.25) is 5.88 Å². The van der Waals surface area contributed by atoms with Gasteiger partial charge in [0.15, 0.2) is 12.3 Å². The summed E-state index contributed by atoms with van der Waals surface area (Å²) >= 11 is 0. The first-order chi connectivity index (χ1) is 19.9. The highest BCUT2D eigenvalue weighted by atomic mass is 19.4. The highest BCUT2D eigenvalue weighted by Gasteiger charge is 2.35. The summed E-state index contributed by atoms with van der Waals surface area (Å²) in [5, 5.41) is 13.9. The van der Waals surface area contributed by atoms with Crippen molar-refractivity contribution in [2.75, 3.05) is 7.11 Å². The molecule has 0 saturated heterocycles. The lowest BCUT2D eigenvalue weighted by molar-refractivity contribution is -0.138. The summed E-state index contributed by atoms with van der Waals surface area (Å²) in [7, 11) is 1.59. The van der Waals surface area contributed by atoms with Crippen molar-refractivity contribution >= 4 is 5.91 Å². The largest absolute Gasteiger partial charge is 0.497 e. The molecule has 222 valence electrons. The average Bonchev–Trinajstić information content (AvgIpc) is 3.48. The lowest BCUT2D eigenvalue weighted by Gasteiger charge is -2.30. The first-order valence-corrected chi connectivity index (χ1v) is 12.9. The topological polar surface area (TPSA) is 126 Å². The van der Waals surface area contributed by atoms with Crippen LogP contribution in [0.25, 0.3) is 0 Å². The second-order valence-electron chi connectivity index (χ2n) is 9.96. The number of hydrogen-bond acceptors (Lipinski definition) is 9. The zero-order valence-electron chi connectivity index (χ0n) is 23.4. The molecule has 0 aliphatic heterocycles. The van der Waals surface area contributed by atoms with Crippen LogP contribution in [0.4, 0.5) is 13.2 Å². The maximum absolute atomic E-state index is 13.4. The Kier molecular flexibility index (Phi) is 9.23. The molecule has 3 aromatic heterocycles. The number of ether oxygens (including phenoxy) is 3. The third-order valence-corrected chi connectivity index (χ3v) is 6.43. The van der Waals surface area contributed by atoms with Crippen molar-refractivity contribution in [1.82, 2.24) is 35.5 Å². The minimum absolute atomic E-state index is 0.0927. The highest BCUT2D eigenvalue weighted by Crippen LogP contribution is 2.30. The van der Waals surface area contributed by atoms with E-state index >= 15 is 0 Å². The van der Waals surface area contributed by atoms with Crippen LogP contribution in [0.2, 0.25) is 0 Å². The summed E-state index contributed by atoms with van der Waals surface area (Å²) in [6.07, 6.45) is -0.316. The molecule has 2 atom stereocenters. The number of tetrazole rings is 1. The SMILES string of the molecule is COc1ccc(CC(c2cc(OCn3cnnn3)ccn2)C(C)NC(=O)C(C)(C)Oc2ccc(C(F)(F)F)cn2)cc1. The number of rotatable bonds is 12. The molecule has 0 bridgehead atoms. The van der Waals surface area contributed by atoms with Crippen molar-refractivity contribution in [3.8, 4) is 17.4 Å². The van der Waals surface area contributed by atoms with Crippen molar-refractivity contribution in [3.05, 3.63) is 84.1 Å². The third kappa shape index (κ3) is 7.92. The van der Waals surface area contributed by atoms with Crippen LogP contribution in [-0.2, 0) is 24.1 Å². The van der Waals surface area contributed by atoms with Crippen LogP contribution in [0.3, 0.4) is 0 Å². The van der Waals surface area contributed by atoms with Gasteiger partial charge in [-0.3, -0.25) is 9.78 Å². The molecule has 0 saturated carbocycles. The maximum Gasteiger partial charge on any atom is 0.417 e. The molecule has 0 spiro atoms. The van der Waals surface area contributed by atoms with E-state index in [1.54, 1.807) is 25.4 Å². The number of benzene rings is 1. The van der Waals surface area contributed by atoms with Gasteiger partial charge in [-0.1, -0.05) is 12.1 Å². The monoisotopic (exact) mass is 585 g/mol. The molecule has 1 aromatic carbocycles.